The summed E-state index contributed by atoms with van der Waals surface area (Å²) in [6.07, 6.45) is 1.05. The summed E-state index contributed by atoms with van der Waals surface area (Å²) in [5.74, 6) is 0.978. The predicted octanol–water partition coefficient (Wildman–Crippen LogP) is 6.54. The minimum atomic E-state index is -2.48. The van der Waals surface area contributed by atoms with Crippen molar-refractivity contribution in [3.63, 3.8) is 0 Å². The average molecular weight is 538 g/mol. The number of aryl methyl sites for hydroxylation is 1. The van der Waals surface area contributed by atoms with Gasteiger partial charge in [-0.3, -0.25) is 0 Å². The molecule has 1 aliphatic heterocycles. The number of fused-ring (bicyclic) bond motifs is 1. The van der Waals surface area contributed by atoms with E-state index in [0.29, 0.717) is 11.8 Å². The molecule has 200 valence electrons. The van der Waals surface area contributed by atoms with Gasteiger partial charge in [0.1, 0.15) is 0 Å². The Bertz CT molecular complexity index is 1480. The first-order chi connectivity index (χ1) is 19.4. The van der Waals surface area contributed by atoms with Crippen molar-refractivity contribution < 1.29 is 0 Å². The van der Waals surface area contributed by atoms with E-state index in [4.69, 9.17) is 0 Å². The van der Waals surface area contributed by atoms with E-state index < -0.39 is 8.07 Å². The van der Waals surface area contributed by atoms with Gasteiger partial charge in [0, 0.05) is 11.2 Å². The van der Waals surface area contributed by atoms with Crippen LogP contribution in [0.15, 0.2) is 133 Å². The first-order valence-corrected chi connectivity index (χ1v) is 16.5. The molecule has 0 radical (unpaired) electrons. The molecule has 1 heterocycles. The van der Waals surface area contributed by atoms with Crippen LogP contribution in [0, 0.1) is 12.8 Å². The smallest absolute Gasteiger partial charge is 0.179 e. The van der Waals surface area contributed by atoms with Gasteiger partial charge in [-0.25, -0.2) is 0 Å². The van der Waals surface area contributed by atoms with Crippen LogP contribution in [0.1, 0.15) is 43.4 Å². The Morgan fingerprint density at radius 1 is 0.625 bits per heavy atom. The van der Waals surface area contributed by atoms with Crippen molar-refractivity contribution in [1.82, 2.24) is 0 Å². The van der Waals surface area contributed by atoms with Crippen LogP contribution in [-0.2, 0) is 6.42 Å². The summed E-state index contributed by atoms with van der Waals surface area (Å²) in [5, 5.41) is 9.56. The van der Waals surface area contributed by atoms with E-state index >= 15 is 0 Å². The highest BCUT2D eigenvalue weighted by Crippen LogP contribution is 2.44. The van der Waals surface area contributed by atoms with Crippen LogP contribution in [-0.4, -0.2) is 13.6 Å². The Hall–Kier alpha value is -3.88. The molecule has 1 N–H and O–H groups in total. The molecule has 5 aromatic rings. The summed E-state index contributed by atoms with van der Waals surface area (Å²) in [7, 11) is -2.48. The fraction of sp³-hybridized carbons (Fsp3) is 0.211. The van der Waals surface area contributed by atoms with Gasteiger partial charge in [-0.2, -0.15) is 0 Å². The third-order valence-corrected chi connectivity index (χ3v) is 13.9. The second-order valence-electron chi connectivity index (χ2n) is 12.1. The van der Waals surface area contributed by atoms with Crippen molar-refractivity contribution in [1.29, 1.82) is 0 Å². The molecule has 1 aliphatic rings. The lowest BCUT2D eigenvalue weighted by Crippen LogP contribution is -2.74. The van der Waals surface area contributed by atoms with Crippen molar-refractivity contribution in [2.24, 2.45) is 5.92 Å². The molecule has 2 atom stereocenters. The minimum absolute atomic E-state index is 0.00943. The number of hydrogen-bond donors (Lipinski definition) is 1. The SMILES string of the molecule is Cc1ccc2c(c1)NC(C)(C)C(Cc1ccc([Si](c3ccccc3)(c3ccccc3)c3ccccc3)cc1)C2C. The fourth-order valence-electron chi connectivity index (χ4n) is 7.10. The number of hydrogen-bond acceptors (Lipinski definition) is 1. The van der Waals surface area contributed by atoms with Gasteiger partial charge in [-0.1, -0.05) is 134 Å². The summed E-state index contributed by atoms with van der Waals surface area (Å²) in [5.41, 5.74) is 5.47. The van der Waals surface area contributed by atoms with Crippen LogP contribution in [0.5, 0.6) is 0 Å². The zero-order chi connectivity index (χ0) is 27.7. The summed E-state index contributed by atoms with van der Waals surface area (Å²) in [6.45, 7) is 9.32. The standard InChI is InChI=1S/C38H39NSi/c1-28-20-25-35-29(2)36(38(3,4)39-37(35)26-28)27-30-21-23-34(24-22-30)40(31-14-8-5-9-15-31,32-16-10-6-11-17-32)33-18-12-7-13-19-33/h5-26,29,36,39H,27H2,1-4H3. The number of anilines is 1. The molecule has 2 unspecified atom stereocenters. The first kappa shape index (κ1) is 26.3. The lowest BCUT2D eigenvalue weighted by atomic mass is 9.69. The van der Waals surface area contributed by atoms with Crippen molar-refractivity contribution in [3.05, 3.63) is 150 Å². The Morgan fingerprint density at radius 2 is 1.10 bits per heavy atom. The molecule has 0 fully saturated rings. The van der Waals surface area contributed by atoms with Crippen molar-refractivity contribution in [2.75, 3.05) is 5.32 Å². The highest BCUT2D eigenvalue weighted by molar-refractivity contribution is 7.19. The first-order valence-electron chi connectivity index (χ1n) is 14.5. The Kier molecular flexibility index (Phi) is 6.98. The molecule has 40 heavy (non-hydrogen) atoms. The van der Waals surface area contributed by atoms with Gasteiger partial charge in [0.25, 0.3) is 0 Å². The van der Waals surface area contributed by atoms with Crippen molar-refractivity contribution >= 4 is 34.5 Å². The van der Waals surface area contributed by atoms with Gasteiger partial charge >= 0.3 is 0 Å². The lowest BCUT2D eigenvalue weighted by molar-refractivity contribution is 0.288. The molecule has 0 amide bonds. The van der Waals surface area contributed by atoms with Gasteiger partial charge in [0.2, 0.25) is 0 Å². The zero-order valence-electron chi connectivity index (χ0n) is 24.1. The molecule has 2 heteroatoms. The number of nitrogens with one attached hydrogen (secondary N) is 1. The van der Waals surface area contributed by atoms with E-state index in [0.717, 1.165) is 6.42 Å². The molecule has 6 rings (SSSR count). The van der Waals surface area contributed by atoms with Crippen LogP contribution in [0.3, 0.4) is 0 Å². The summed E-state index contributed by atoms with van der Waals surface area (Å²) in [4.78, 5) is 0. The van der Waals surface area contributed by atoms with Gasteiger partial charge < -0.3 is 5.32 Å². The Balaban J connectivity index is 1.43. The molecule has 0 bridgehead atoms. The quantitative estimate of drug-likeness (QED) is 0.192. The van der Waals surface area contributed by atoms with E-state index in [1.54, 1.807) is 0 Å². The van der Waals surface area contributed by atoms with Crippen LogP contribution in [0.4, 0.5) is 5.69 Å². The highest BCUT2D eigenvalue weighted by atomic mass is 28.3. The molecule has 0 saturated heterocycles. The second kappa shape index (κ2) is 10.6. The topological polar surface area (TPSA) is 12.0 Å². The molecule has 0 saturated carbocycles. The highest BCUT2D eigenvalue weighted by Gasteiger charge is 2.42. The molecule has 5 aromatic carbocycles. The maximum absolute atomic E-state index is 3.88. The largest absolute Gasteiger partial charge is 0.380 e. The third kappa shape index (κ3) is 4.61. The summed E-state index contributed by atoms with van der Waals surface area (Å²) in [6, 6.07) is 50.1. The van der Waals surface area contributed by atoms with Crippen molar-refractivity contribution in [2.45, 2.75) is 45.6 Å². The van der Waals surface area contributed by atoms with Gasteiger partial charge in [0.05, 0.1) is 0 Å². The molecular formula is C38H39NSi. The van der Waals surface area contributed by atoms with E-state index in [1.807, 2.05) is 0 Å². The normalized spacial score (nSPS) is 18.0. The lowest BCUT2D eigenvalue weighted by Gasteiger charge is -2.45. The monoisotopic (exact) mass is 537 g/mol. The van der Waals surface area contributed by atoms with Crippen molar-refractivity contribution in [3.8, 4) is 0 Å². The van der Waals surface area contributed by atoms with Crippen LogP contribution in [0.2, 0.25) is 0 Å². The van der Waals surface area contributed by atoms with Gasteiger partial charge in [0.15, 0.2) is 8.07 Å². The van der Waals surface area contributed by atoms with Gasteiger partial charge in [-0.05, 0) is 82.5 Å². The maximum atomic E-state index is 3.88. The second-order valence-corrected chi connectivity index (χ2v) is 15.9. The third-order valence-electron chi connectivity index (χ3n) is 9.15. The molecule has 1 nitrogen and oxygen atoms in total. The maximum Gasteiger partial charge on any atom is 0.179 e. The van der Waals surface area contributed by atoms with E-state index in [1.165, 1.54) is 43.1 Å². The average Bonchev–Trinajstić information content (AvgIpc) is 2.98. The Morgan fingerprint density at radius 3 is 1.60 bits per heavy atom. The van der Waals surface area contributed by atoms with Gasteiger partial charge in [-0.15, -0.1) is 0 Å². The van der Waals surface area contributed by atoms with Crippen LogP contribution < -0.4 is 26.1 Å². The zero-order valence-corrected chi connectivity index (χ0v) is 25.1. The summed E-state index contributed by atoms with van der Waals surface area (Å²) >= 11 is 0. The Labute approximate surface area is 241 Å². The minimum Gasteiger partial charge on any atom is -0.380 e. The number of benzene rings is 5. The molecule has 0 aliphatic carbocycles. The molecule has 0 aromatic heterocycles. The fourth-order valence-corrected chi connectivity index (χ4v) is 11.8. The van der Waals surface area contributed by atoms with Crippen LogP contribution in [0.25, 0.3) is 0 Å². The molecule has 0 spiro atoms. The van der Waals surface area contributed by atoms with E-state index in [-0.39, 0.29) is 5.54 Å². The molecular weight excluding hydrogens is 499 g/mol. The van der Waals surface area contributed by atoms with E-state index in [9.17, 15) is 0 Å². The van der Waals surface area contributed by atoms with E-state index in [2.05, 4.69) is 166 Å². The van der Waals surface area contributed by atoms with Crippen LogP contribution >= 0.6 is 0 Å². The summed E-state index contributed by atoms with van der Waals surface area (Å²) < 4.78 is 0. The predicted molar refractivity (Wildman–Crippen MR) is 175 cm³/mol. The number of rotatable bonds is 6.